The average Bonchev–Trinajstić information content (AvgIpc) is 3.33. The highest BCUT2D eigenvalue weighted by Gasteiger charge is 2.27. The predicted molar refractivity (Wildman–Crippen MR) is 108 cm³/mol. The normalized spacial score (nSPS) is 11.9. The van der Waals surface area contributed by atoms with Gasteiger partial charge in [-0.15, -0.1) is 22.0 Å². The summed E-state index contributed by atoms with van der Waals surface area (Å²) in [6.45, 7) is 0.367. The van der Waals surface area contributed by atoms with E-state index in [1.54, 1.807) is 24.4 Å². The van der Waals surface area contributed by atoms with E-state index in [2.05, 4.69) is 35.6 Å². The van der Waals surface area contributed by atoms with E-state index >= 15 is 0 Å². The van der Waals surface area contributed by atoms with Crippen LogP contribution in [0.2, 0.25) is 0 Å². The van der Waals surface area contributed by atoms with Gasteiger partial charge in [-0.3, -0.25) is 0 Å². The number of nitrogen functional groups attached to an aromatic ring is 1. The van der Waals surface area contributed by atoms with Crippen molar-refractivity contribution in [3.05, 3.63) is 24.4 Å². The number of nitrogens with two attached hydrogens (primary N) is 3. The molecule has 0 aliphatic carbocycles. The molecule has 4 aromatic rings. The molecule has 0 unspecified atom stereocenters. The molecule has 0 aliphatic heterocycles. The Morgan fingerprint density at radius 3 is 2.69 bits per heavy atom. The third kappa shape index (κ3) is 3.53. The maximum atomic E-state index is 12.6. The van der Waals surface area contributed by atoms with Crippen LogP contribution < -0.4 is 16.6 Å². The fourth-order valence-electron chi connectivity index (χ4n) is 3.00. The van der Waals surface area contributed by atoms with Crippen molar-refractivity contribution < 1.29 is 8.42 Å². The zero-order valence-corrected chi connectivity index (χ0v) is 16.5. The molecule has 150 valence electrons. The summed E-state index contributed by atoms with van der Waals surface area (Å²) >= 11 is 1.27. The van der Waals surface area contributed by atoms with E-state index in [-0.39, 0.29) is 22.2 Å². The van der Waals surface area contributed by atoms with Gasteiger partial charge >= 0.3 is 0 Å². The Labute approximate surface area is 168 Å². The second kappa shape index (κ2) is 7.40. The lowest BCUT2D eigenvalue weighted by atomic mass is 9.99. The van der Waals surface area contributed by atoms with Crippen LogP contribution in [-0.2, 0) is 10.0 Å². The number of aromatic amines is 2. The molecule has 0 spiro atoms. The van der Waals surface area contributed by atoms with Gasteiger partial charge in [-0.05, 0) is 22.9 Å². The minimum atomic E-state index is -4.15. The Kier molecular flexibility index (Phi) is 4.91. The first kappa shape index (κ1) is 19.3. The van der Waals surface area contributed by atoms with Crippen molar-refractivity contribution >= 4 is 38.9 Å². The number of aromatic nitrogens is 7. The number of nitrogens with one attached hydrogen (secondary N) is 2. The number of thioether (sulfide) groups is 1. The highest BCUT2D eigenvalue weighted by Crippen LogP contribution is 2.41. The number of nitrogens with zero attached hydrogens (tertiary/aromatic N) is 5. The van der Waals surface area contributed by atoms with Crippen molar-refractivity contribution in [2.24, 2.45) is 10.9 Å². The molecule has 14 heteroatoms. The van der Waals surface area contributed by atoms with Crippen LogP contribution in [0.1, 0.15) is 0 Å². The van der Waals surface area contributed by atoms with E-state index in [9.17, 15) is 8.42 Å². The molecule has 0 radical (unpaired) electrons. The van der Waals surface area contributed by atoms with Crippen molar-refractivity contribution in [2.45, 2.75) is 9.79 Å². The molecule has 0 saturated heterocycles. The number of hydrogen-bond donors (Lipinski definition) is 5. The van der Waals surface area contributed by atoms with Crippen molar-refractivity contribution in [1.82, 2.24) is 35.6 Å². The molecule has 0 aliphatic rings. The van der Waals surface area contributed by atoms with Crippen LogP contribution >= 0.6 is 11.8 Å². The summed E-state index contributed by atoms with van der Waals surface area (Å²) in [5, 5.41) is 19.5. The Bertz CT molecular complexity index is 1280. The summed E-state index contributed by atoms with van der Waals surface area (Å²) in [6, 6.07) is 5.13. The number of benzene rings is 1. The van der Waals surface area contributed by atoms with Crippen LogP contribution in [0.3, 0.4) is 0 Å². The van der Waals surface area contributed by atoms with Gasteiger partial charge in [0.15, 0.2) is 11.6 Å². The third-order valence-electron chi connectivity index (χ3n) is 4.05. The van der Waals surface area contributed by atoms with E-state index in [1.807, 2.05) is 0 Å². The number of primary sulfonamides is 1. The van der Waals surface area contributed by atoms with E-state index in [1.165, 1.54) is 11.8 Å². The second-order valence-electron chi connectivity index (χ2n) is 5.91. The first-order chi connectivity index (χ1) is 13.9. The van der Waals surface area contributed by atoms with E-state index in [0.29, 0.717) is 39.5 Å². The lowest BCUT2D eigenvalue weighted by Gasteiger charge is -2.15. The topological polar surface area (TPSA) is 208 Å². The van der Waals surface area contributed by atoms with Crippen LogP contribution in [0.4, 0.5) is 5.95 Å². The Morgan fingerprint density at radius 2 is 2.00 bits per heavy atom. The minimum absolute atomic E-state index is 0.0803. The van der Waals surface area contributed by atoms with E-state index in [4.69, 9.17) is 16.6 Å². The molecular formula is C15H16N10O2S2. The SMILES string of the molecule is NCCSc1ccc(-c2ccnc3nc(N)[nH]c23)c(-c2nn[nH]n2)c1S(N)(=O)=O. The summed E-state index contributed by atoms with van der Waals surface area (Å²) in [4.78, 5) is 11.6. The Balaban J connectivity index is 2.10. The molecule has 3 aromatic heterocycles. The number of pyridine rings is 1. The highest BCUT2D eigenvalue weighted by molar-refractivity contribution is 8.00. The van der Waals surface area contributed by atoms with Crippen LogP contribution in [0.15, 0.2) is 34.2 Å². The molecule has 1 aromatic carbocycles. The highest BCUT2D eigenvalue weighted by atomic mass is 32.2. The maximum absolute atomic E-state index is 12.6. The quantitative estimate of drug-likeness (QED) is 0.259. The Morgan fingerprint density at radius 1 is 1.17 bits per heavy atom. The lowest BCUT2D eigenvalue weighted by molar-refractivity contribution is 0.596. The monoisotopic (exact) mass is 432 g/mol. The summed E-state index contributed by atoms with van der Waals surface area (Å²) < 4.78 is 25.2. The molecule has 0 saturated carbocycles. The second-order valence-corrected chi connectivity index (χ2v) is 8.55. The lowest BCUT2D eigenvalue weighted by Crippen LogP contribution is -2.16. The van der Waals surface area contributed by atoms with Gasteiger partial charge in [-0.1, -0.05) is 6.07 Å². The maximum Gasteiger partial charge on any atom is 0.239 e. The molecule has 0 fully saturated rings. The zero-order valence-electron chi connectivity index (χ0n) is 14.8. The largest absolute Gasteiger partial charge is 0.369 e. The summed E-state index contributed by atoms with van der Waals surface area (Å²) in [7, 11) is -4.15. The van der Waals surface area contributed by atoms with Gasteiger partial charge in [0.05, 0.1) is 11.1 Å². The fourth-order valence-corrected chi connectivity index (χ4v) is 5.09. The number of fused-ring (bicyclic) bond motifs is 1. The van der Waals surface area contributed by atoms with Gasteiger partial charge in [-0.25, -0.2) is 18.5 Å². The number of imidazole rings is 1. The van der Waals surface area contributed by atoms with E-state index in [0.717, 1.165) is 0 Å². The number of tetrazole rings is 1. The molecule has 3 heterocycles. The molecule has 0 amide bonds. The van der Waals surface area contributed by atoms with Gasteiger partial charge < -0.3 is 16.5 Å². The molecule has 4 rings (SSSR count). The van der Waals surface area contributed by atoms with Gasteiger partial charge in [0.2, 0.25) is 15.8 Å². The molecule has 12 nitrogen and oxygen atoms in total. The number of H-pyrrole nitrogens is 2. The summed E-state index contributed by atoms with van der Waals surface area (Å²) in [6.07, 6.45) is 1.55. The minimum Gasteiger partial charge on any atom is -0.369 e. The van der Waals surface area contributed by atoms with Crippen molar-refractivity contribution in [1.29, 1.82) is 0 Å². The van der Waals surface area contributed by atoms with Gasteiger partial charge in [0, 0.05) is 29.0 Å². The standard InChI is InChI=1S/C15H16N10O2S2/c16-4-6-28-9-2-1-7(8-3-5-19-14-11(8)20-15(17)21-14)10(12(9)29(18,26)27)13-22-24-25-23-13/h1-3,5H,4,6,16H2,(H2,18,26,27)(H3,17,19,20,21)(H,22,23,24,25). The summed E-state index contributed by atoms with van der Waals surface area (Å²) in [5.74, 6) is 0.768. The third-order valence-corrected chi connectivity index (χ3v) is 6.26. The van der Waals surface area contributed by atoms with Crippen molar-refractivity contribution in [3.63, 3.8) is 0 Å². The average molecular weight is 432 g/mol. The van der Waals surface area contributed by atoms with Crippen LogP contribution in [0.25, 0.3) is 33.7 Å². The smallest absolute Gasteiger partial charge is 0.239 e. The number of rotatable bonds is 6. The fraction of sp³-hybridized carbons (Fsp3) is 0.133. The van der Waals surface area contributed by atoms with E-state index < -0.39 is 10.0 Å². The molecule has 8 N–H and O–H groups in total. The van der Waals surface area contributed by atoms with Gasteiger partial charge in [0.25, 0.3) is 0 Å². The van der Waals surface area contributed by atoms with Gasteiger partial charge in [-0.2, -0.15) is 10.2 Å². The van der Waals surface area contributed by atoms with Crippen LogP contribution in [0, 0.1) is 0 Å². The molecule has 29 heavy (non-hydrogen) atoms. The van der Waals surface area contributed by atoms with Crippen molar-refractivity contribution in [3.8, 4) is 22.5 Å². The summed E-state index contributed by atoms with van der Waals surface area (Å²) in [5.41, 5.74) is 13.6. The Hall–Kier alpha value is -3.07. The molecular weight excluding hydrogens is 416 g/mol. The first-order valence-electron chi connectivity index (χ1n) is 8.27. The van der Waals surface area contributed by atoms with Crippen molar-refractivity contribution in [2.75, 3.05) is 18.0 Å². The molecule has 0 atom stereocenters. The van der Waals surface area contributed by atoms with Crippen LogP contribution in [0.5, 0.6) is 0 Å². The van der Waals surface area contributed by atoms with Gasteiger partial charge in [0.1, 0.15) is 4.90 Å². The number of hydrogen-bond acceptors (Lipinski definition) is 10. The number of anilines is 1. The predicted octanol–water partition coefficient (Wildman–Crippen LogP) is 0.0854. The first-order valence-corrected chi connectivity index (χ1v) is 10.8. The molecule has 0 bridgehead atoms. The zero-order chi connectivity index (χ0) is 20.6. The van der Waals surface area contributed by atoms with Crippen LogP contribution in [-0.4, -0.2) is 56.3 Å². The number of sulfonamides is 1.